The van der Waals surface area contributed by atoms with Crippen molar-refractivity contribution in [2.75, 3.05) is 10.0 Å². The Morgan fingerprint density at radius 1 is 1.00 bits per heavy atom. The molecule has 10 heteroatoms. The molecule has 0 radical (unpaired) electrons. The molecule has 1 atom stereocenters. The van der Waals surface area contributed by atoms with Crippen LogP contribution in [0.2, 0.25) is 0 Å². The molecular formula is C20H17FN4O3S2. The standard InChI is InChI=1S/C20H17FN4O3S2/c1-13(19-23-24-20(28-19)18-3-2-12-29-18)22-15-6-8-16(9-7-15)25-30(26,27)17-10-4-14(21)5-11-17/h2-13,22,25H,1H3/t13-/m1/s1. The zero-order valence-corrected chi connectivity index (χ0v) is 17.4. The molecule has 0 fully saturated rings. The highest BCUT2D eigenvalue weighted by Crippen LogP contribution is 2.26. The highest BCUT2D eigenvalue weighted by molar-refractivity contribution is 7.92. The van der Waals surface area contributed by atoms with Crippen molar-refractivity contribution in [3.8, 4) is 10.8 Å². The predicted octanol–water partition coefficient (Wildman–Crippen LogP) is 4.91. The highest BCUT2D eigenvalue weighted by Gasteiger charge is 2.16. The molecule has 0 bridgehead atoms. The summed E-state index contributed by atoms with van der Waals surface area (Å²) < 4.78 is 46.0. The first kappa shape index (κ1) is 20.0. The molecule has 2 heterocycles. The molecule has 7 nitrogen and oxygen atoms in total. The van der Waals surface area contributed by atoms with Crippen molar-refractivity contribution >= 4 is 32.7 Å². The van der Waals surface area contributed by atoms with E-state index in [4.69, 9.17) is 4.42 Å². The summed E-state index contributed by atoms with van der Waals surface area (Å²) >= 11 is 1.52. The van der Waals surface area contributed by atoms with E-state index in [2.05, 4.69) is 20.2 Å². The predicted molar refractivity (Wildman–Crippen MR) is 113 cm³/mol. The van der Waals surface area contributed by atoms with E-state index < -0.39 is 15.8 Å². The molecule has 154 valence electrons. The summed E-state index contributed by atoms with van der Waals surface area (Å²) in [5.74, 6) is 0.418. The van der Waals surface area contributed by atoms with Crippen molar-refractivity contribution in [3.63, 3.8) is 0 Å². The maximum Gasteiger partial charge on any atom is 0.261 e. The van der Waals surface area contributed by atoms with Crippen LogP contribution in [0.1, 0.15) is 18.9 Å². The summed E-state index contributed by atoms with van der Waals surface area (Å²) in [6.07, 6.45) is 0. The Labute approximate surface area is 176 Å². The van der Waals surface area contributed by atoms with Gasteiger partial charge in [0, 0.05) is 11.4 Å². The van der Waals surface area contributed by atoms with Gasteiger partial charge in [0.2, 0.25) is 5.89 Å². The van der Waals surface area contributed by atoms with E-state index >= 15 is 0 Å². The van der Waals surface area contributed by atoms with Crippen LogP contribution in [0, 0.1) is 5.82 Å². The molecule has 0 aliphatic heterocycles. The SMILES string of the molecule is C[C@@H](Nc1ccc(NS(=O)(=O)c2ccc(F)cc2)cc1)c1nnc(-c2cccs2)o1. The number of sulfonamides is 1. The molecule has 0 unspecified atom stereocenters. The fraction of sp³-hybridized carbons (Fsp3) is 0.100. The van der Waals surface area contributed by atoms with Crippen molar-refractivity contribution < 1.29 is 17.2 Å². The fourth-order valence-electron chi connectivity index (χ4n) is 2.68. The number of halogens is 1. The van der Waals surface area contributed by atoms with Crippen LogP contribution in [-0.4, -0.2) is 18.6 Å². The number of nitrogens with zero attached hydrogens (tertiary/aromatic N) is 2. The van der Waals surface area contributed by atoms with E-state index in [1.54, 1.807) is 24.3 Å². The second-order valence-electron chi connectivity index (χ2n) is 6.43. The number of aromatic nitrogens is 2. The van der Waals surface area contributed by atoms with Crippen LogP contribution in [0.4, 0.5) is 15.8 Å². The minimum atomic E-state index is -3.80. The Hall–Kier alpha value is -3.24. The number of rotatable bonds is 7. The Balaban J connectivity index is 1.41. The van der Waals surface area contributed by atoms with Crippen molar-refractivity contribution in [1.29, 1.82) is 0 Å². The third kappa shape index (κ3) is 4.50. The van der Waals surface area contributed by atoms with Gasteiger partial charge in [0.1, 0.15) is 11.9 Å². The fourth-order valence-corrected chi connectivity index (χ4v) is 4.39. The van der Waals surface area contributed by atoms with Gasteiger partial charge in [-0.2, -0.15) is 0 Å². The second-order valence-corrected chi connectivity index (χ2v) is 9.06. The number of benzene rings is 2. The van der Waals surface area contributed by atoms with Crippen LogP contribution in [0.5, 0.6) is 0 Å². The van der Waals surface area contributed by atoms with E-state index in [0.29, 0.717) is 17.5 Å². The van der Waals surface area contributed by atoms with Crippen molar-refractivity contribution in [3.05, 3.63) is 77.8 Å². The normalized spacial score (nSPS) is 12.5. The van der Waals surface area contributed by atoms with Crippen LogP contribution in [0.15, 0.2) is 75.4 Å². The molecule has 4 aromatic rings. The second kappa shape index (κ2) is 8.25. The molecule has 0 saturated carbocycles. The highest BCUT2D eigenvalue weighted by atomic mass is 32.2. The topological polar surface area (TPSA) is 97.1 Å². The first-order valence-corrected chi connectivity index (χ1v) is 11.3. The van der Waals surface area contributed by atoms with Gasteiger partial charge in [-0.15, -0.1) is 21.5 Å². The largest absolute Gasteiger partial charge is 0.418 e. The maximum absolute atomic E-state index is 13.0. The van der Waals surface area contributed by atoms with E-state index in [-0.39, 0.29) is 10.9 Å². The van der Waals surface area contributed by atoms with Gasteiger partial charge in [0.25, 0.3) is 15.9 Å². The summed E-state index contributed by atoms with van der Waals surface area (Å²) in [5.41, 5.74) is 1.14. The zero-order chi connectivity index (χ0) is 21.1. The number of hydrogen-bond acceptors (Lipinski definition) is 7. The molecule has 2 aromatic heterocycles. The quantitative estimate of drug-likeness (QED) is 0.420. The van der Waals surface area contributed by atoms with E-state index in [1.165, 1.54) is 23.5 Å². The third-order valence-corrected chi connectivity index (χ3v) is 6.44. The first-order chi connectivity index (χ1) is 14.4. The molecular weight excluding hydrogens is 427 g/mol. The van der Waals surface area contributed by atoms with Gasteiger partial charge in [-0.1, -0.05) is 6.07 Å². The van der Waals surface area contributed by atoms with Crippen molar-refractivity contribution in [2.24, 2.45) is 0 Å². The zero-order valence-electron chi connectivity index (χ0n) is 15.7. The van der Waals surface area contributed by atoms with Crippen molar-refractivity contribution in [2.45, 2.75) is 17.9 Å². The average Bonchev–Trinajstić information content (AvgIpc) is 3.41. The molecule has 4 rings (SSSR count). The minimum absolute atomic E-state index is 0.0161. The average molecular weight is 445 g/mol. The lowest BCUT2D eigenvalue weighted by Gasteiger charge is -2.13. The number of anilines is 2. The number of hydrogen-bond donors (Lipinski definition) is 2. The Bertz CT molecular complexity index is 1220. The van der Waals surface area contributed by atoms with Gasteiger partial charge in [-0.25, -0.2) is 12.8 Å². The Morgan fingerprint density at radius 3 is 2.37 bits per heavy atom. The van der Waals surface area contributed by atoms with E-state index in [0.717, 1.165) is 22.7 Å². The summed E-state index contributed by atoms with van der Waals surface area (Å²) in [5, 5.41) is 13.3. The molecule has 0 amide bonds. The lowest BCUT2D eigenvalue weighted by atomic mass is 10.2. The smallest absolute Gasteiger partial charge is 0.261 e. The van der Waals surface area contributed by atoms with Crippen LogP contribution in [-0.2, 0) is 10.0 Å². The third-order valence-electron chi connectivity index (χ3n) is 4.19. The number of thiophene rings is 1. The van der Waals surface area contributed by atoms with E-state index in [1.807, 2.05) is 24.4 Å². The summed E-state index contributed by atoms with van der Waals surface area (Å²) in [6.45, 7) is 1.89. The van der Waals surface area contributed by atoms with Gasteiger partial charge in [0.15, 0.2) is 0 Å². The van der Waals surface area contributed by atoms with Gasteiger partial charge in [0.05, 0.1) is 9.77 Å². The van der Waals surface area contributed by atoms with Gasteiger partial charge < -0.3 is 9.73 Å². The molecule has 2 aromatic carbocycles. The summed E-state index contributed by atoms with van der Waals surface area (Å²) in [7, 11) is -3.80. The first-order valence-electron chi connectivity index (χ1n) is 8.93. The monoisotopic (exact) mass is 444 g/mol. The van der Waals surface area contributed by atoms with Crippen LogP contribution >= 0.6 is 11.3 Å². The van der Waals surface area contributed by atoms with Gasteiger partial charge >= 0.3 is 0 Å². The minimum Gasteiger partial charge on any atom is -0.418 e. The molecule has 30 heavy (non-hydrogen) atoms. The molecule has 0 aliphatic rings. The molecule has 2 N–H and O–H groups in total. The summed E-state index contributed by atoms with van der Waals surface area (Å²) in [4.78, 5) is 0.886. The van der Waals surface area contributed by atoms with Crippen LogP contribution in [0.25, 0.3) is 10.8 Å². The lowest BCUT2D eigenvalue weighted by Crippen LogP contribution is -2.13. The van der Waals surface area contributed by atoms with Crippen molar-refractivity contribution in [1.82, 2.24) is 10.2 Å². The van der Waals surface area contributed by atoms with Gasteiger partial charge in [-0.05, 0) is 66.9 Å². The lowest BCUT2D eigenvalue weighted by molar-refractivity contribution is 0.486. The van der Waals surface area contributed by atoms with Gasteiger partial charge in [-0.3, -0.25) is 4.72 Å². The maximum atomic E-state index is 13.0. The van der Waals surface area contributed by atoms with E-state index in [9.17, 15) is 12.8 Å². The molecule has 0 spiro atoms. The Kier molecular flexibility index (Phi) is 5.51. The number of nitrogens with one attached hydrogen (secondary N) is 2. The molecule has 0 aliphatic carbocycles. The Morgan fingerprint density at radius 2 is 1.70 bits per heavy atom. The summed E-state index contributed by atoms with van der Waals surface area (Å²) in [6, 6.07) is 14.9. The molecule has 0 saturated heterocycles. The van der Waals surface area contributed by atoms with Crippen LogP contribution < -0.4 is 10.0 Å². The van der Waals surface area contributed by atoms with Crippen LogP contribution in [0.3, 0.4) is 0 Å².